The molecule has 1 unspecified atom stereocenters. The van der Waals surface area contributed by atoms with Gasteiger partial charge in [-0.15, -0.1) is 10.2 Å². The van der Waals surface area contributed by atoms with Gasteiger partial charge in [0.05, 0.1) is 5.02 Å². The van der Waals surface area contributed by atoms with Gasteiger partial charge in [0.15, 0.2) is 0 Å². The van der Waals surface area contributed by atoms with E-state index < -0.39 is 10.0 Å². The molecule has 1 aromatic heterocycles. The third-order valence-corrected chi connectivity index (χ3v) is 7.20. The molecule has 0 radical (unpaired) electrons. The number of benzene rings is 1. The molecule has 0 spiro atoms. The molecule has 3 rings (SSSR count). The van der Waals surface area contributed by atoms with Gasteiger partial charge in [0.1, 0.15) is 9.90 Å². The van der Waals surface area contributed by atoms with Gasteiger partial charge >= 0.3 is 0 Å². The van der Waals surface area contributed by atoms with E-state index >= 15 is 0 Å². The van der Waals surface area contributed by atoms with Crippen LogP contribution in [0.25, 0.3) is 0 Å². The number of sulfonamides is 1. The van der Waals surface area contributed by atoms with Gasteiger partial charge in [-0.05, 0) is 31.0 Å². The first-order valence-corrected chi connectivity index (χ1v) is 9.93. The van der Waals surface area contributed by atoms with Gasteiger partial charge in [-0.25, -0.2) is 8.42 Å². The fourth-order valence-electron chi connectivity index (χ4n) is 2.59. The van der Waals surface area contributed by atoms with E-state index in [1.807, 2.05) is 0 Å². The molecule has 1 fully saturated rings. The summed E-state index contributed by atoms with van der Waals surface area (Å²) in [4.78, 5) is 0.0316. The number of anilines is 1. The Morgan fingerprint density at radius 1 is 1.30 bits per heavy atom. The minimum atomic E-state index is -3.71. The Morgan fingerprint density at radius 2 is 2.09 bits per heavy atom. The highest BCUT2D eigenvalue weighted by atomic mass is 35.5. The van der Waals surface area contributed by atoms with Crippen molar-refractivity contribution < 1.29 is 8.42 Å². The molecule has 0 amide bonds. The number of halogens is 2. The molecule has 124 valence electrons. The van der Waals surface area contributed by atoms with Gasteiger partial charge in [-0.3, -0.25) is 0 Å². The van der Waals surface area contributed by atoms with Gasteiger partial charge in [-0.2, -0.15) is 4.31 Å². The first kappa shape index (κ1) is 16.9. The van der Waals surface area contributed by atoms with Crippen molar-refractivity contribution in [3.8, 4) is 0 Å². The number of nitrogen functional groups attached to an aromatic ring is 1. The molecule has 2 N–H and O–H groups in total. The molecule has 6 nitrogen and oxygen atoms in total. The van der Waals surface area contributed by atoms with E-state index in [9.17, 15) is 8.42 Å². The molecular weight excluding hydrogens is 379 g/mol. The summed E-state index contributed by atoms with van der Waals surface area (Å²) in [5, 5.41) is 9.48. The van der Waals surface area contributed by atoms with Gasteiger partial charge in [0.25, 0.3) is 0 Å². The van der Waals surface area contributed by atoms with Crippen LogP contribution in [0.3, 0.4) is 0 Å². The van der Waals surface area contributed by atoms with E-state index in [2.05, 4.69) is 10.2 Å². The maximum Gasteiger partial charge on any atom is 0.244 e. The van der Waals surface area contributed by atoms with Crippen molar-refractivity contribution in [1.82, 2.24) is 14.5 Å². The zero-order chi connectivity index (χ0) is 16.6. The van der Waals surface area contributed by atoms with Gasteiger partial charge in [0.2, 0.25) is 15.2 Å². The summed E-state index contributed by atoms with van der Waals surface area (Å²) in [6, 6.07) is 4.43. The van der Waals surface area contributed by atoms with E-state index in [-0.39, 0.29) is 15.8 Å². The Hall–Kier alpha value is -0.930. The Kier molecular flexibility index (Phi) is 4.80. The minimum Gasteiger partial charge on any atom is -0.374 e. The fraction of sp³-hybridized carbons (Fsp3) is 0.385. The molecule has 1 saturated heterocycles. The van der Waals surface area contributed by atoms with Crippen LogP contribution < -0.4 is 5.73 Å². The number of nitrogens with two attached hydrogens (primary N) is 1. The second kappa shape index (κ2) is 6.52. The molecule has 1 aliphatic heterocycles. The molecule has 2 heterocycles. The predicted molar refractivity (Wildman–Crippen MR) is 91.5 cm³/mol. The van der Waals surface area contributed by atoms with Crippen molar-refractivity contribution in [1.29, 1.82) is 0 Å². The number of nitrogens with zero attached hydrogens (tertiary/aromatic N) is 3. The van der Waals surface area contributed by atoms with E-state index in [0.29, 0.717) is 23.2 Å². The van der Waals surface area contributed by atoms with Crippen molar-refractivity contribution >= 4 is 49.7 Å². The molecule has 1 atom stereocenters. The molecule has 0 aliphatic carbocycles. The molecule has 23 heavy (non-hydrogen) atoms. The largest absolute Gasteiger partial charge is 0.374 e. The Labute approximate surface area is 148 Å². The Balaban J connectivity index is 1.89. The third kappa shape index (κ3) is 3.46. The Morgan fingerprint density at radius 3 is 2.78 bits per heavy atom. The molecule has 0 bridgehead atoms. The summed E-state index contributed by atoms with van der Waals surface area (Å²) in [5.41, 5.74) is 5.61. The SMILES string of the molecule is Nc1nnc(C2CCCN(S(=O)(=O)c3cc(Cl)ccc3Cl)C2)s1. The lowest BCUT2D eigenvalue weighted by Gasteiger charge is -2.31. The van der Waals surface area contributed by atoms with Crippen LogP contribution in [0.4, 0.5) is 5.13 Å². The first-order valence-electron chi connectivity index (χ1n) is 6.92. The van der Waals surface area contributed by atoms with Crippen LogP contribution in [0.1, 0.15) is 23.8 Å². The molecule has 10 heteroatoms. The number of rotatable bonds is 3. The van der Waals surface area contributed by atoms with Crippen molar-refractivity contribution in [3.05, 3.63) is 33.3 Å². The third-order valence-electron chi connectivity index (χ3n) is 3.70. The van der Waals surface area contributed by atoms with Crippen LogP contribution in [-0.4, -0.2) is 36.0 Å². The zero-order valence-electron chi connectivity index (χ0n) is 11.9. The van der Waals surface area contributed by atoms with Gasteiger partial charge in [0, 0.05) is 24.0 Å². The summed E-state index contributed by atoms with van der Waals surface area (Å²) >= 11 is 13.3. The summed E-state index contributed by atoms with van der Waals surface area (Å²) in [6.07, 6.45) is 1.59. The molecule has 1 aliphatic rings. The summed E-state index contributed by atoms with van der Waals surface area (Å²) in [7, 11) is -3.71. The molecule has 0 saturated carbocycles. The second-order valence-corrected chi connectivity index (χ2v) is 9.05. The van der Waals surface area contributed by atoms with Crippen LogP contribution in [0.15, 0.2) is 23.1 Å². The fourth-order valence-corrected chi connectivity index (χ4v) is 5.59. The monoisotopic (exact) mass is 392 g/mol. The number of hydrogen-bond acceptors (Lipinski definition) is 6. The van der Waals surface area contributed by atoms with Crippen LogP contribution in [0.5, 0.6) is 0 Å². The molecule has 1 aromatic carbocycles. The van der Waals surface area contributed by atoms with Gasteiger partial charge < -0.3 is 5.73 Å². The average Bonchev–Trinajstić information content (AvgIpc) is 2.96. The standard InChI is InChI=1S/C13H14Cl2N4O2S2/c14-9-3-4-10(15)11(6-9)23(20,21)19-5-1-2-8(7-19)12-17-18-13(16)22-12/h3-4,6,8H,1-2,5,7H2,(H2,16,18). The van der Waals surface area contributed by atoms with Crippen molar-refractivity contribution in [2.75, 3.05) is 18.8 Å². The van der Waals surface area contributed by atoms with E-state index in [4.69, 9.17) is 28.9 Å². The highest BCUT2D eigenvalue weighted by molar-refractivity contribution is 7.89. The lowest BCUT2D eigenvalue weighted by atomic mass is 10.0. The normalized spacial score (nSPS) is 19.8. The lowest BCUT2D eigenvalue weighted by Crippen LogP contribution is -2.39. The van der Waals surface area contributed by atoms with E-state index in [1.54, 1.807) is 6.07 Å². The number of aromatic nitrogens is 2. The smallest absolute Gasteiger partial charge is 0.244 e. The van der Waals surface area contributed by atoms with Crippen molar-refractivity contribution in [2.24, 2.45) is 0 Å². The zero-order valence-corrected chi connectivity index (χ0v) is 15.1. The minimum absolute atomic E-state index is 0.00807. The number of hydrogen-bond donors (Lipinski definition) is 1. The average molecular weight is 393 g/mol. The Bertz CT molecular complexity index is 825. The maximum absolute atomic E-state index is 12.9. The van der Waals surface area contributed by atoms with E-state index in [0.717, 1.165) is 17.8 Å². The maximum atomic E-state index is 12.9. The van der Waals surface area contributed by atoms with Crippen LogP contribution >= 0.6 is 34.5 Å². The molecular formula is C13H14Cl2N4O2S2. The summed E-state index contributed by atoms with van der Waals surface area (Å²) in [6.45, 7) is 0.774. The highest BCUT2D eigenvalue weighted by Crippen LogP contribution is 2.34. The van der Waals surface area contributed by atoms with Crippen LogP contribution in [0.2, 0.25) is 10.0 Å². The number of piperidine rings is 1. The highest BCUT2D eigenvalue weighted by Gasteiger charge is 2.33. The van der Waals surface area contributed by atoms with Crippen molar-refractivity contribution in [3.63, 3.8) is 0 Å². The van der Waals surface area contributed by atoms with Crippen molar-refractivity contribution in [2.45, 2.75) is 23.7 Å². The first-order chi connectivity index (χ1) is 10.9. The predicted octanol–water partition coefficient (Wildman–Crippen LogP) is 3.00. The second-order valence-electron chi connectivity index (χ2n) is 5.26. The van der Waals surface area contributed by atoms with Crippen LogP contribution in [-0.2, 0) is 10.0 Å². The van der Waals surface area contributed by atoms with E-state index in [1.165, 1.54) is 27.8 Å². The quantitative estimate of drug-likeness (QED) is 0.866. The summed E-state index contributed by atoms with van der Waals surface area (Å²) in [5.74, 6) is -0.00807. The topological polar surface area (TPSA) is 89.2 Å². The lowest BCUT2D eigenvalue weighted by molar-refractivity contribution is 0.314. The molecule has 2 aromatic rings. The van der Waals surface area contributed by atoms with Crippen LogP contribution in [0, 0.1) is 0 Å². The summed E-state index contributed by atoms with van der Waals surface area (Å²) < 4.78 is 27.2. The van der Waals surface area contributed by atoms with Gasteiger partial charge in [-0.1, -0.05) is 34.5 Å².